The van der Waals surface area contributed by atoms with Crippen LogP contribution in [0, 0.1) is 0 Å². The average molecular weight is 370 g/mol. The number of unbranched alkanes of at least 4 members (excludes halogenated alkanes) is 11. The quantitative estimate of drug-likeness (QED) is 0.247. The normalized spacial score (nSPS) is 11.6. The number of aliphatic carboxylic acids is 1. The molecule has 0 fully saturated rings. The number of hydrogen-bond acceptors (Lipinski definition) is 4. The van der Waals surface area contributed by atoms with E-state index in [1.165, 1.54) is 57.8 Å². The zero-order valence-corrected chi connectivity index (χ0v) is 14.7. The molecule has 0 bridgehead atoms. The number of rotatable bonds is 16. The van der Waals surface area contributed by atoms with Crippen LogP contribution >= 0.6 is 0 Å². The standard InChI is InChI=1S/C18H35NO4.K.H/c1-2-3-4-5-6-7-8-9-10-11-12-13-14-23-18(22)16(19)15-17(20)21;;/h16H,2-15,19H2,1H3,(H,20,21);;/t16-;;/m0../s1. The molecule has 0 aliphatic heterocycles. The van der Waals surface area contributed by atoms with Crippen LogP contribution in [0.2, 0.25) is 0 Å². The van der Waals surface area contributed by atoms with E-state index >= 15 is 0 Å². The maximum absolute atomic E-state index is 11.4. The van der Waals surface area contributed by atoms with Gasteiger partial charge in [0.15, 0.2) is 0 Å². The molecule has 0 aromatic heterocycles. The van der Waals surface area contributed by atoms with Crippen LogP contribution < -0.4 is 5.73 Å². The average Bonchev–Trinajstić information content (AvgIpc) is 2.51. The number of carbonyl (C=O) groups excluding carboxylic acids is 1. The second-order valence-electron chi connectivity index (χ2n) is 6.26. The van der Waals surface area contributed by atoms with Crippen LogP contribution in [-0.4, -0.2) is 81.1 Å². The van der Waals surface area contributed by atoms with Crippen molar-refractivity contribution < 1.29 is 19.4 Å². The van der Waals surface area contributed by atoms with E-state index < -0.39 is 18.0 Å². The van der Waals surface area contributed by atoms with Crippen molar-refractivity contribution >= 4 is 63.3 Å². The van der Waals surface area contributed by atoms with Crippen LogP contribution in [0.15, 0.2) is 0 Å². The van der Waals surface area contributed by atoms with Gasteiger partial charge in [-0.1, -0.05) is 77.6 Å². The van der Waals surface area contributed by atoms with E-state index in [0.29, 0.717) is 6.61 Å². The van der Waals surface area contributed by atoms with Gasteiger partial charge in [-0.2, -0.15) is 0 Å². The number of hydrogen-bond donors (Lipinski definition) is 2. The molecule has 0 rings (SSSR count). The van der Waals surface area contributed by atoms with Crippen molar-refractivity contribution in [2.75, 3.05) is 6.61 Å². The zero-order chi connectivity index (χ0) is 17.3. The molecule has 0 spiro atoms. The minimum atomic E-state index is -1.08. The Hall–Kier alpha value is 0.536. The first kappa shape index (κ1) is 26.8. The van der Waals surface area contributed by atoms with Crippen LogP contribution in [0.25, 0.3) is 0 Å². The van der Waals surface area contributed by atoms with Crippen molar-refractivity contribution in [2.45, 2.75) is 96.4 Å². The summed E-state index contributed by atoms with van der Waals surface area (Å²) in [5.41, 5.74) is 5.41. The Kier molecular flexibility index (Phi) is 22.1. The molecule has 0 radical (unpaired) electrons. The van der Waals surface area contributed by atoms with E-state index in [-0.39, 0.29) is 57.8 Å². The van der Waals surface area contributed by atoms with Crippen molar-refractivity contribution in [2.24, 2.45) is 5.73 Å². The van der Waals surface area contributed by atoms with Gasteiger partial charge in [0.1, 0.15) is 6.04 Å². The van der Waals surface area contributed by atoms with E-state index in [1.54, 1.807) is 0 Å². The molecule has 24 heavy (non-hydrogen) atoms. The Morgan fingerprint density at radius 1 is 0.875 bits per heavy atom. The molecule has 0 aliphatic rings. The van der Waals surface area contributed by atoms with Crippen LogP contribution in [0.5, 0.6) is 0 Å². The molecule has 0 aromatic carbocycles. The van der Waals surface area contributed by atoms with Gasteiger partial charge in [-0.3, -0.25) is 9.59 Å². The molecular weight excluding hydrogens is 333 g/mol. The second kappa shape index (κ2) is 19.9. The summed E-state index contributed by atoms with van der Waals surface area (Å²) in [6, 6.07) is -1.05. The van der Waals surface area contributed by atoms with Gasteiger partial charge in [0, 0.05) is 0 Å². The molecule has 3 N–H and O–H groups in total. The number of carboxylic acid groups (broad SMARTS) is 1. The van der Waals surface area contributed by atoms with E-state index in [4.69, 9.17) is 15.6 Å². The van der Waals surface area contributed by atoms with Crippen LogP contribution in [0.3, 0.4) is 0 Å². The van der Waals surface area contributed by atoms with Crippen LogP contribution in [-0.2, 0) is 14.3 Å². The summed E-state index contributed by atoms with van der Waals surface area (Å²) in [5, 5.41) is 8.53. The summed E-state index contributed by atoms with van der Waals surface area (Å²) in [6.45, 7) is 2.58. The van der Waals surface area contributed by atoms with Gasteiger partial charge < -0.3 is 15.6 Å². The first-order valence-electron chi connectivity index (χ1n) is 9.22. The predicted molar refractivity (Wildman–Crippen MR) is 99.4 cm³/mol. The molecule has 6 heteroatoms. The van der Waals surface area contributed by atoms with Crippen molar-refractivity contribution in [3.05, 3.63) is 0 Å². The number of carboxylic acids is 1. The SMILES string of the molecule is CCCCCCCCCCCCCCOC(=O)[C@@H](N)CC(=O)O.[KH]. The van der Waals surface area contributed by atoms with E-state index in [9.17, 15) is 9.59 Å². The second-order valence-corrected chi connectivity index (χ2v) is 6.26. The van der Waals surface area contributed by atoms with Crippen molar-refractivity contribution in [3.63, 3.8) is 0 Å². The summed E-state index contributed by atoms with van der Waals surface area (Å²) in [6.07, 6.45) is 14.6. The Labute approximate surface area is 189 Å². The number of nitrogens with two attached hydrogens (primary N) is 1. The molecule has 0 aliphatic carbocycles. The third kappa shape index (κ3) is 18.9. The Morgan fingerprint density at radius 3 is 1.71 bits per heavy atom. The van der Waals surface area contributed by atoms with Gasteiger partial charge in [-0.15, -0.1) is 0 Å². The number of ether oxygens (including phenoxy) is 1. The molecule has 0 saturated heterocycles. The fraction of sp³-hybridized carbons (Fsp3) is 0.889. The molecule has 0 amide bonds. The zero-order valence-electron chi connectivity index (χ0n) is 14.7. The van der Waals surface area contributed by atoms with Gasteiger partial charge in [0.25, 0.3) is 0 Å². The van der Waals surface area contributed by atoms with Crippen LogP contribution in [0.1, 0.15) is 90.4 Å². The third-order valence-corrected chi connectivity index (χ3v) is 3.94. The predicted octanol–water partition coefficient (Wildman–Crippen LogP) is 3.38. The van der Waals surface area contributed by atoms with E-state index in [2.05, 4.69) is 6.92 Å². The van der Waals surface area contributed by atoms with Crippen molar-refractivity contribution in [1.29, 1.82) is 0 Å². The molecule has 0 saturated carbocycles. The van der Waals surface area contributed by atoms with Gasteiger partial charge in [-0.25, -0.2) is 0 Å². The molecular formula is C18H36KNO4. The summed E-state index contributed by atoms with van der Waals surface area (Å²) in [5.74, 6) is -1.70. The molecule has 0 unspecified atom stereocenters. The number of esters is 1. The summed E-state index contributed by atoms with van der Waals surface area (Å²) < 4.78 is 4.97. The first-order chi connectivity index (χ1) is 11.1. The fourth-order valence-electron chi connectivity index (χ4n) is 2.49. The molecule has 1 atom stereocenters. The van der Waals surface area contributed by atoms with E-state index in [0.717, 1.165) is 19.3 Å². The molecule has 0 aromatic rings. The molecule has 0 heterocycles. The van der Waals surface area contributed by atoms with Crippen molar-refractivity contribution in [1.82, 2.24) is 0 Å². The van der Waals surface area contributed by atoms with Gasteiger partial charge in [0.05, 0.1) is 13.0 Å². The Bertz CT molecular complexity index is 313. The molecule has 5 nitrogen and oxygen atoms in total. The van der Waals surface area contributed by atoms with Crippen LogP contribution in [0.4, 0.5) is 0 Å². The minimum absolute atomic E-state index is 0. The third-order valence-electron chi connectivity index (χ3n) is 3.94. The summed E-state index contributed by atoms with van der Waals surface area (Å²) >= 11 is 0. The number of carbonyl (C=O) groups is 2. The Balaban J connectivity index is 0. The Morgan fingerprint density at radius 2 is 1.29 bits per heavy atom. The maximum atomic E-state index is 11.4. The summed E-state index contributed by atoms with van der Waals surface area (Å²) in [7, 11) is 0. The summed E-state index contributed by atoms with van der Waals surface area (Å²) in [4.78, 5) is 21.8. The van der Waals surface area contributed by atoms with Gasteiger partial charge >= 0.3 is 63.3 Å². The monoisotopic (exact) mass is 369 g/mol. The topological polar surface area (TPSA) is 89.6 Å². The van der Waals surface area contributed by atoms with Gasteiger partial charge in [0.2, 0.25) is 0 Å². The molecule has 138 valence electrons. The van der Waals surface area contributed by atoms with Crippen molar-refractivity contribution in [3.8, 4) is 0 Å². The van der Waals surface area contributed by atoms with Gasteiger partial charge in [-0.05, 0) is 6.42 Å². The van der Waals surface area contributed by atoms with E-state index in [1.807, 2.05) is 0 Å². The first-order valence-corrected chi connectivity index (χ1v) is 9.22. The fourth-order valence-corrected chi connectivity index (χ4v) is 2.49.